The highest BCUT2D eigenvalue weighted by Crippen LogP contribution is 2.25. The molecule has 0 bridgehead atoms. The number of rotatable bonds is 2. The molecule has 0 N–H and O–H groups in total. The minimum absolute atomic E-state index is 0.237. The van der Waals surface area contributed by atoms with Crippen molar-refractivity contribution >= 4 is 27.2 Å². The number of benzene rings is 1. The van der Waals surface area contributed by atoms with E-state index in [1.165, 1.54) is 10.1 Å². The van der Waals surface area contributed by atoms with Crippen LogP contribution in [0.3, 0.4) is 0 Å². The summed E-state index contributed by atoms with van der Waals surface area (Å²) < 4.78 is 1.19. The van der Waals surface area contributed by atoms with Gasteiger partial charge in [-0.15, -0.1) is 11.3 Å². The molecule has 0 unspecified atom stereocenters. The highest BCUT2D eigenvalue weighted by atomic mass is 32.1. The number of carbonyl (C=O) groups excluding carboxylic acids is 1. The summed E-state index contributed by atoms with van der Waals surface area (Å²) in [5, 5.41) is 1.17. The van der Waals surface area contributed by atoms with Gasteiger partial charge >= 0.3 is 0 Å². The van der Waals surface area contributed by atoms with E-state index in [9.17, 15) is 4.79 Å². The molecule has 13 heavy (non-hydrogen) atoms. The monoisotopic (exact) mass is 190 g/mol. The Morgan fingerprint density at radius 2 is 2.15 bits per heavy atom. The zero-order valence-electron chi connectivity index (χ0n) is 7.41. The zero-order valence-corrected chi connectivity index (χ0v) is 8.23. The lowest BCUT2D eigenvalue weighted by Crippen LogP contribution is -1.90. The molecule has 1 heterocycles. The predicted octanol–water partition coefficient (Wildman–Crippen LogP) is 3.49. The average molecular weight is 190 g/mol. The molecule has 1 nitrogen and oxygen atoms in total. The van der Waals surface area contributed by atoms with Gasteiger partial charge in [0, 0.05) is 11.1 Å². The van der Waals surface area contributed by atoms with E-state index in [0.717, 1.165) is 4.88 Å². The van der Waals surface area contributed by atoms with Gasteiger partial charge in [0.15, 0.2) is 5.78 Å². The number of thiophene rings is 1. The maximum atomic E-state index is 11.4. The topological polar surface area (TPSA) is 17.1 Å². The van der Waals surface area contributed by atoms with E-state index in [2.05, 4.69) is 0 Å². The number of carbonyl (C=O) groups is 1. The van der Waals surface area contributed by atoms with Crippen molar-refractivity contribution in [2.45, 2.75) is 13.3 Å². The van der Waals surface area contributed by atoms with Crippen molar-refractivity contribution < 1.29 is 4.79 Å². The minimum Gasteiger partial charge on any atom is -0.293 e. The minimum atomic E-state index is 0.237. The third-order valence-corrected chi connectivity index (χ3v) is 3.18. The van der Waals surface area contributed by atoms with Crippen molar-refractivity contribution in [3.05, 3.63) is 35.2 Å². The molecule has 1 aromatic carbocycles. The van der Waals surface area contributed by atoms with Gasteiger partial charge in [-0.2, -0.15) is 0 Å². The molecule has 0 amide bonds. The first-order valence-electron chi connectivity index (χ1n) is 4.33. The van der Waals surface area contributed by atoms with E-state index in [1.807, 2.05) is 37.3 Å². The lowest BCUT2D eigenvalue weighted by atomic mass is 10.2. The molecule has 0 fully saturated rings. The van der Waals surface area contributed by atoms with Crippen LogP contribution in [-0.4, -0.2) is 5.78 Å². The van der Waals surface area contributed by atoms with Gasteiger partial charge in [0.1, 0.15) is 0 Å². The molecular weight excluding hydrogens is 180 g/mol. The standard InChI is InChI=1S/C11H10OS/c1-2-9(12)11-7-8-5-3-4-6-10(8)13-11/h3-7H,2H2,1H3. The Bertz CT molecular complexity index is 409. The smallest absolute Gasteiger partial charge is 0.172 e. The van der Waals surface area contributed by atoms with Crippen LogP contribution in [0.1, 0.15) is 23.0 Å². The van der Waals surface area contributed by atoms with Crippen LogP contribution < -0.4 is 0 Å². The summed E-state index contributed by atoms with van der Waals surface area (Å²) >= 11 is 1.58. The van der Waals surface area contributed by atoms with Crippen LogP contribution in [0.2, 0.25) is 0 Å². The van der Waals surface area contributed by atoms with Crippen LogP contribution in [0.4, 0.5) is 0 Å². The molecule has 0 saturated heterocycles. The van der Waals surface area contributed by atoms with Crippen molar-refractivity contribution in [2.75, 3.05) is 0 Å². The molecule has 0 aliphatic rings. The van der Waals surface area contributed by atoms with Gasteiger partial charge in [0.25, 0.3) is 0 Å². The maximum Gasteiger partial charge on any atom is 0.172 e. The van der Waals surface area contributed by atoms with Gasteiger partial charge < -0.3 is 0 Å². The Labute approximate surface area is 81.0 Å². The van der Waals surface area contributed by atoms with Gasteiger partial charge in [0.05, 0.1) is 4.88 Å². The maximum absolute atomic E-state index is 11.4. The molecule has 0 atom stereocenters. The van der Waals surface area contributed by atoms with Gasteiger partial charge in [-0.05, 0) is 17.5 Å². The Kier molecular flexibility index (Phi) is 2.15. The van der Waals surface area contributed by atoms with Crippen molar-refractivity contribution in [1.29, 1.82) is 0 Å². The number of hydrogen-bond donors (Lipinski definition) is 0. The largest absolute Gasteiger partial charge is 0.293 e. The van der Waals surface area contributed by atoms with Crippen LogP contribution in [-0.2, 0) is 0 Å². The molecule has 0 aliphatic heterocycles. The summed E-state index contributed by atoms with van der Waals surface area (Å²) in [5.74, 6) is 0.237. The fourth-order valence-electron chi connectivity index (χ4n) is 1.29. The fraction of sp³-hybridized carbons (Fsp3) is 0.182. The zero-order chi connectivity index (χ0) is 9.26. The van der Waals surface area contributed by atoms with Gasteiger partial charge in [-0.3, -0.25) is 4.79 Å². The molecule has 0 radical (unpaired) electrons. The molecule has 0 aliphatic carbocycles. The predicted molar refractivity (Wildman–Crippen MR) is 56.4 cm³/mol. The van der Waals surface area contributed by atoms with E-state index < -0.39 is 0 Å². The van der Waals surface area contributed by atoms with Gasteiger partial charge in [0.2, 0.25) is 0 Å². The van der Waals surface area contributed by atoms with Crippen molar-refractivity contribution in [3.63, 3.8) is 0 Å². The highest BCUT2D eigenvalue weighted by molar-refractivity contribution is 7.20. The quantitative estimate of drug-likeness (QED) is 0.662. The molecule has 0 spiro atoms. The highest BCUT2D eigenvalue weighted by Gasteiger charge is 2.06. The first-order valence-corrected chi connectivity index (χ1v) is 5.14. The van der Waals surface area contributed by atoms with Crippen molar-refractivity contribution in [2.24, 2.45) is 0 Å². The van der Waals surface area contributed by atoms with Gasteiger partial charge in [-0.1, -0.05) is 25.1 Å². The first-order chi connectivity index (χ1) is 6.31. The molecule has 2 heteroatoms. The van der Waals surface area contributed by atoms with Crippen LogP contribution >= 0.6 is 11.3 Å². The lowest BCUT2D eigenvalue weighted by Gasteiger charge is -1.86. The Balaban J connectivity index is 2.56. The fourth-order valence-corrected chi connectivity index (χ4v) is 2.37. The third-order valence-electron chi connectivity index (χ3n) is 2.02. The van der Waals surface area contributed by atoms with Crippen molar-refractivity contribution in [1.82, 2.24) is 0 Å². The molecule has 66 valence electrons. The second kappa shape index (κ2) is 3.30. The first kappa shape index (κ1) is 8.45. The Morgan fingerprint density at radius 3 is 2.85 bits per heavy atom. The molecular formula is C11H10OS. The normalized spacial score (nSPS) is 10.5. The average Bonchev–Trinajstić information content (AvgIpc) is 2.59. The summed E-state index contributed by atoms with van der Waals surface area (Å²) in [4.78, 5) is 12.3. The second-order valence-electron chi connectivity index (χ2n) is 2.93. The van der Waals surface area contributed by atoms with E-state index in [0.29, 0.717) is 6.42 Å². The summed E-state index contributed by atoms with van der Waals surface area (Å²) in [6, 6.07) is 10.1. The molecule has 2 aromatic rings. The lowest BCUT2D eigenvalue weighted by molar-refractivity contribution is 0.0992. The van der Waals surface area contributed by atoms with E-state index in [1.54, 1.807) is 11.3 Å². The van der Waals surface area contributed by atoms with Crippen LogP contribution in [0.25, 0.3) is 10.1 Å². The summed E-state index contributed by atoms with van der Waals surface area (Å²) in [6.07, 6.45) is 0.590. The van der Waals surface area contributed by atoms with Crippen LogP contribution in [0.5, 0.6) is 0 Å². The number of ketones is 1. The SMILES string of the molecule is CCC(=O)c1cc2ccccc2s1. The molecule has 2 rings (SSSR count). The third kappa shape index (κ3) is 1.49. The number of fused-ring (bicyclic) bond motifs is 1. The van der Waals surface area contributed by atoms with Crippen LogP contribution in [0.15, 0.2) is 30.3 Å². The van der Waals surface area contributed by atoms with E-state index in [4.69, 9.17) is 0 Å². The van der Waals surface area contributed by atoms with Crippen LogP contribution in [0, 0.1) is 0 Å². The van der Waals surface area contributed by atoms with E-state index >= 15 is 0 Å². The Morgan fingerprint density at radius 1 is 1.38 bits per heavy atom. The van der Waals surface area contributed by atoms with Gasteiger partial charge in [-0.25, -0.2) is 0 Å². The summed E-state index contributed by atoms with van der Waals surface area (Å²) in [7, 11) is 0. The summed E-state index contributed by atoms with van der Waals surface area (Å²) in [5.41, 5.74) is 0. The van der Waals surface area contributed by atoms with E-state index in [-0.39, 0.29) is 5.78 Å². The Hall–Kier alpha value is -1.15. The number of Topliss-reactive ketones (excluding diaryl/α,β-unsaturated/α-hetero) is 1. The summed E-state index contributed by atoms with van der Waals surface area (Å²) in [6.45, 7) is 1.90. The molecule has 1 aromatic heterocycles. The molecule has 0 saturated carbocycles. The van der Waals surface area contributed by atoms with Crippen molar-refractivity contribution in [3.8, 4) is 0 Å². The number of hydrogen-bond acceptors (Lipinski definition) is 2. The second-order valence-corrected chi connectivity index (χ2v) is 4.01.